The Morgan fingerprint density at radius 1 is 0.495 bits per heavy atom. The fourth-order valence-corrected chi connectivity index (χ4v) is 13.8. The summed E-state index contributed by atoms with van der Waals surface area (Å²) < 4.78 is 0. The third-order valence-electron chi connectivity index (χ3n) is 16.7. The summed E-state index contributed by atoms with van der Waals surface area (Å²) in [5, 5.41) is 20.1. The fourth-order valence-electron chi connectivity index (χ4n) is 12.0. The molecule has 0 radical (unpaired) electrons. The van der Waals surface area contributed by atoms with E-state index in [1.807, 2.05) is 71.9 Å². The molecular formula is C67H92N12O10S2. The summed E-state index contributed by atoms with van der Waals surface area (Å²) in [5.74, 6) is -7.13. The molecule has 1 fully saturated rings. The fraction of sp³-hybridized carbons (Fsp3) is 0.522. The van der Waals surface area contributed by atoms with Crippen molar-refractivity contribution < 1.29 is 47.9 Å². The summed E-state index contributed by atoms with van der Waals surface area (Å²) in [6, 6.07) is 12.2. The molecule has 3 aliphatic rings. The SMILES string of the molecule is Cc1sc2cc1C1=C(CCC1)c1cc(sc1C)C(=O)N[C@@H](CCCN)C(=O)N[C@@H](CC(C)C)C(=O)N[C@H](Cc1ccccc1)C(=O)N1CCC[C@H]1C(=O)N[C@@H](C(C)C)C(=O)N[C@@H](CCCN)C(=O)N[C@@H](CC(C)C)C(=O)N[C@H](Cc1ccccc1)C(=O)NNC2=O. The number of benzene rings is 2. The molecule has 492 valence electrons. The topological polar surface area (TPSA) is 334 Å². The van der Waals surface area contributed by atoms with E-state index in [1.165, 1.54) is 27.6 Å². The molecule has 8 atom stereocenters. The maximum atomic E-state index is 15.0. The minimum Gasteiger partial charge on any atom is -0.343 e. The van der Waals surface area contributed by atoms with Crippen molar-refractivity contribution in [2.75, 3.05) is 19.6 Å². The summed E-state index contributed by atoms with van der Waals surface area (Å²) >= 11 is 2.54. The first-order valence-corrected chi connectivity index (χ1v) is 33.5. The Bertz CT molecular complexity index is 3270. The standard InChI is InChI=1S/C67H92N12O10S2/c1-37(2)31-50-60(82)74-52(33-42-19-11-9-12-20-42)62(84)77-78-65(87)56-36-47(41(8)91-56)45-24-15-23-44(45)46-35-55(90-40(46)7)64(86)70-48(25-16-28-68)58(80)73-51(32-38(3)4)61(83)75-53(34-43-21-13-10-14-22-43)67(89)79-30-18-27-54(79)63(85)76-57(39(5)6)66(88)71-49(26-17-29-69)59(81)72-50/h9-14,19-22,35-39,48-54,57H,15-18,23-34,68-69H2,1-8H3,(H,70,86)(H,71,88)(H,72,81)(H,73,80)(H,74,82)(H,75,83)(H,76,85)(H,77,84)(H,78,87)/t48-,49-,50-,51-,52+,53+,54-,57-/m0/s1. The normalized spacial score (nSPS) is 23.4. The van der Waals surface area contributed by atoms with Crippen LogP contribution in [0, 0.1) is 31.6 Å². The number of hydrazine groups is 1. The molecule has 13 N–H and O–H groups in total. The van der Waals surface area contributed by atoms with Gasteiger partial charge in [-0.15, -0.1) is 22.7 Å². The molecule has 22 nitrogen and oxygen atoms in total. The van der Waals surface area contributed by atoms with Crippen LogP contribution in [0.15, 0.2) is 72.8 Å². The van der Waals surface area contributed by atoms with Crippen LogP contribution in [0.4, 0.5) is 0 Å². The van der Waals surface area contributed by atoms with Crippen molar-refractivity contribution in [2.45, 2.75) is 187 Å². The van der Waals surface area contributed by atoms with E-state index in [-0.39, 0.29) is 76.4 Å². The Morgan fingerprint density at radius 3 is 1.44 bits per heavy atom. The summed E-state index contributed by atoms with van der Waals surface area (Å²) in [5.41, 5.74) is 22.2. The maximum absolute atomic E-state index is 15.0. The molecule has 91 heavy (non-hydrogen) atoms. The number of amides is 10. The van der Waals surface area contributed by atoms with Crippen LogP contribution in [-0.2, 0) is 51.2 Å². The number of aryl methyl sites for hydroxylation is 2. The van der Waals surface area contributed by atoms with Crippen LogP contribution in [-0.4, -0.2) is 132 Å². The van der Waals surface area contributed by atoms with Gasteiger partial charge in [0.1, 0.15) is 48.3 Å². The number of carbonyl (C=O) groups is 10. The lowest BCUT2D eigenvalue weighted by Gasteiger charge is -2.32. The van der Waals surface area contributed by atoms with E-state index in [0.29, 0.717) is 53.0 Å². The minimum atomic E-state index is -1.25. The van der Waals surface area contributed by atoms with E-state index in [1.54, 1.807) is 56.3 Å². The molecule has 1 saturated heterocycles. The first kappa shape index (κ1) is 70.7. The Balaban J connectivity index is 1.25. The van der Waals surface area contributed by atoms with Gasteiger partial charge in [-0.05, 0) is 161 Å². The summed E-state index contributed by atoms with van der Waals surface area (Å²) in [6.45, 7) is 15.4. The molecule has 7 rings (SSSR count). The molecule has 2 aromatic carbocycles. The second-order valence-electron chi connectivity index (χ2n) is 25.2. The van der Waals surface area contributed by atoms with Crippen molar-refractivity contribution in [3.8, 4) is 0 Å². The van der Waals surface area contributed by atoms with Crippen LogP contribution < -0.4 is 59.5 Å². The van der Waals surface area contributed by atoms with Crippen molar-refractivity contribution >= 4 is 92.9 Å². The Kier molecular flexibility index (Phi) is 26.0. The highest BCUT2D eigenvalue weighted by Gasteiger charge is 2.41. The highest BCUT2D eigenvalue weighted by molar-refractivity contribution is 7.14. The monoisotopic (exact) mass is 1290 g/mol. The Hall–Kier alpha value is -7.80. The predicted octanol–water partition coefficient (Wildman–Crippen LogP) is 5.01. The third-order valence-corrected chi connectivity index (χ3v) is 18.8. The Labute approximate surface area is 541 Å². The second-order valence-corrected chi connectivity index (χ2v) is 27.7. The van der Waals surface area contributed by atoms with E-state index >= 15 is 4.79 Å². The number of nitrogens with two attached hydrogens (primary N) is 2. The van der Waals surface area contributed by atoms with Crippen LogP contribution in [0.5, 0.6) is 0 Å². The Morgan fingerprint density at radius 2 is 0.945 bits per heavy atom. The van der Waals surface area contributed by atoms with Gasteiger partial charge in [-0.2, -0.15) is 0 Å². The first-order valence-electron chi connectivity index (χ1n) is 31.9. The largest absolute Gasteiger partial charge is 0.343 e. The van der Waals surface area contributed by atoms with E-state index in [2.05, 4.69) is 48.1 Å². The number of nitrogens with zero attached hydrogens (tertiary/aromatic N) is 1. The number of fused-ring (bicyclic) bond motifs is 7. The average Bonchev–Trinajstić information content (AvgIpc) is 1.86. The van der Waals surface area contributed by atoms with Gasteiger partial charge in [0.2, 0.25) is 41.4 Å². The lowest BCUT2D eigenvalue weighted by molar-refractivity contribution is -0.143. The zero-order chi connectivity index (χ0) is 66.1. The number of hydrogen-bond donors (Lipinski definition) is 11. The summed E-state index contributed by atoms with van der Waals surface area (Å²) in [7, 11) is 0. The van der Waals surface area contributed by atoms with E-state index in [9.17, 15) is 43.2 Å². The smallest absolute Gasteiger partial charge is 0.279 e. The molecule has 0 spiro atoms. The zero-order valence-electron chi connectivity index (χ0n) is 53.6. The van der Waals surface area contributed by atoms with E-state index in [0.717, 1.165) is 38.4 Å². The van der Waals surface area contributed by atoms with Gasteiger partial charge in [0, 0.05) is 29.1 Å². The number of nitrogens with one attached hydrogen (secondary N) is 9. The molecule has 2 aliphatic heterocycles. The van der Waals surface area contributed by atoms with Gasteiger partial charge in [0.25, 0.3) is 17.7 Å². The lowest BCUT2D eigenvalue weighted by atomic mass is 9.97. The lowest BCUT2D eigenvalue weighted by Crippen LogP contribution is -2.61. The van der Waals surface area contributed by atoms with Crippen LogP contribution in [0.25, 0.3) is 11.1 Å². The van der Waals surface area contributed by atoms with E-state index < -0.39 is 113 Å². The number of allylic oxidation sites excluding steroid dienone is 2. The summed E-state index contributed by atoms with van der Waals surface area (Å²) in [4.78, 5) is 149. The molecule has 0 saturated carbocycles. The quantitative estimate of drug-likeness (QED) is 0.0749. The van der Waals surface area contributed by atoms with Gasteiger partial charge in [0.15, 0.2) is 0 Å². The van der Waals surface area contributed by atoms with Crippen LogP contribution in [0.2, 0.25) is 0 Å². The molecule has 0 unspecified atom stereocenters. The predicted molar refractivity (Wildman–Crippen MR) is 353 cm³/mol. The molecular weight excluding hydrogens is 1200 g/mol. The van der Waals surface area contributed by atoms with Gasteiger partial charge >= 0.3 is 0 Å². The second kappa shape index (κ2) is 33.5. The van der Waals surface area contributed by atoms with Gasteiger partial charge in [-0.1, -0.05) is 102 Å². The van der Waals surface area contributed by atoms with Crippen LogP contribution >= 0.6 is 22.7 Å². The van der Waals surface area contributed by atoms with Crippen molar-refractivity contribution in [1.29, 1.82) is 0 Å². The average molecular weight is 1290 g/mol. The zero-order valence-corrected chi connectivity index (χ0v) is 55.2. The molecule has 10 amide bonds. The number of rotatable bonds is 15. The highest BCUT2D eigenvalue weighted by atomic mass is 32.1. The molecule has 4 heterocycles. The van der Waals surface area contributed by atoms with Crippen molar-refractivity contribution in [2.24, 2.45) is 29.2 Å². The van der Waals surface area contributed by atoms with Gasteiger partial charge < -0.3 is 53.6 Å². The third kappa shape index (κ3) is 19.4. The van der Waals surface area contributed by atoms with Gasteiger partial charge in [-0.3, -0.25) is 58.8 Å². The molecule has 4 bridgehead atoms. The number of thiophene rings is 2. The summed E-state index contributed by atoms with van der Waals surface area (Å²) in [6.07, 6.45) is 4.13. The van der Waals surface area contributed by atoms with Gasteiger partial charge in [-0.25, -0.2) is 0 Å². The van der Waals surface area contributed by atoms with Crippen molar-refractivity contribution in [3.05, 3.63) is 115 Å². The molecule has 1 aliphatic carbocycles. The first-order chi connectivity index (χ1) is 43.5. The van der Waals surface area contributed by atoms with E-state index in [4.69, 9.17) is 11.5 Å². The number of carbonyl (C=O) groups excluding carboxylic acids is 10. The minimum absolute atomic E-state index is 0.0133. The maximum Gasteiger partial charge on any atom is 0.279 e. The van der Waals surface area contributed by atoms with Crippen molar-refractivity contribution in [1.82, 2.24) is 53.0 Å². The van der Waals surface area contributed by atoms with Crippen LogP contribution in [0.3, 0.4) is 0 Å². The molecule has 2 aromatic heterocycles. The molecule has 24 heteroatoms. The van der Waals surface area contributed by atoms with Gasteiger partial charge in [0.05, 0.1) is 9.75 Å². The highest BCUT2D eigenvalue weighted by Crippen LogP contribution is 2.45. The van der Waals surface area contributed by atoms with Crippen LogP contribution in [0.1, 0.15) is 164 Å². The van der Waals surface area contributed by atoms with Crippen molar-refractivity contribution in [3.63, 3.8) is 0 Å². The number of hydrogen-bond acceptors (Lipinski definition) is 14. The molecule has 4 aromatic rings.